The van der Waals surface area contributed by atoms with E-state index in [9.17, 15) is 4.79 Å². The Kier molecular flexibility index (Phi) is 4.35. The third-order valence-electron chi connectivity index (χ3n) is 3.35. The Labute approximate surface area is 118 Å². The number of benzene rings is 1. The van der Waals surface area contributed by atoms with Gasteiger partial charge in [0.15, 0.2) is 0 Å². The fourth-order valence-electron chi connectivity index (χ4n) is 2.17. The molecule has 2 rings (SSSR count). The van der Waals surface area contributed by atoms with E-state index in [1.165, 1.54) is 0 Å². The smallest absolute Gasteiger partial charge is 0.138 e. The van der Waals surface area contributed by atoms with Gasteiger partial charge in [0.25, 0.3) is 0 Å². The summed E-state index contributed by atoms with van der Waals surface area (Å²) in [6.07, 6.45) is 2.44. The van der Waals surface area contributed by atoms with Crippen molar-refractivity contribution in [1.29, 1.82) is 0 Å². The normalized spacial score (nSPS) is 12.1. The molecule has 1 aromatic heterocycles. The standard InChI is InChI=1S/C16H19N3O/c1-11(12-4-6-14(17)7-5-12)9-15(20)10-13-3-2-8-19-16(13)18/h2-8,11H,9-10,17H2,1H3,(H2,18,19). The molecule has 20 heavy (non-hydrogen) atoms. The van der Waals surface area contributed by atoms with Crippen LogP contribution in [0, 0.1) is 0 Å². The lowest BCUT2D eigenvalue weighted by atomic mass is 9.93. The second-order valence-electron chi connectivity index (χ2n) is 5.04. The number of ketones is 1. The molecule has 0 saturated carbocycles. The van der Waals surface area contributed by atoms with Crippen LogP contribution in [0.2, 0.25) is 0 Å². The average molecular weight is 269 g/mol. The molecule has 2 aromatic rings. The summed E-state index contributed by atoms with van der Waals surface area (Å²) < 4.78 is 0. The second-order valence-corrected chi connectivity index (χ2v) is 5.04. The van der Waals surface area contributed by atoms with Crippen LogP contribution >= 0.6 is 0 Å². The number of nitrogens with two attached hydrogens (primary N) is 2. The minimum atomic E-state index is 0.161. The summed E-state index contributed by atoms with van der Waals surface area (Å²) in [5.41, 5.74) is 14.1. The first-order valence-electron chi connectivity index (χ1n) is 6.62. The van der Waals surface area contributed by atoms with Crippen molar-refractivity contribution in [3.63, 3.8) is 0 Å². The van der Waals surface area contributed by atoms with Gasteiger partial charge in [-0.25, -0.2) is 4.98 Å². The maximum atomic E-state index is 12.1. The number of carbonyl (C=O) groups excluding carboxylic acids is 1. The molecule has 1 aromatic carbocycles. The molecule has 0 spiro atoms. The molecule has 1 heterocycles. The van der Waals surface area contributed by atoms with Crippen LogP contribution in [0.1, 0.15) is 30.4 Å². The first-order valence-corrected chi connectivity index (χ1v) is 6.62. The molecule has 0 radical (unpaired) electrons. The SMILES string of the molecule is CC(CC(=O)Cc1cccnc1N)c1ccc(N)cc1. The van der Waals surface area contributed by atoms with Gasteiger partial charge >= 0.3 is 0 Å². The summed E-state index contributed by atoms with van der Waals surface area (Å²) in [4.78, 5) is 16.1. The fourth-order valence-corrected chi connectivity index (χ4v) is 2.17. The highest BCUT2D eigenvalue weighted by Crippen LogP contribution is 2.21. The number of hydrogen-bond donors (Lipinski definition) is 2. The monoisotopic (exact) mass is 269 g/mol. The van der Waals surface area contributed by atoms with Gasteiger partial charge in [0.1, 0.15) is 11.6 Å². The van der Waals surface area contributed by atoms with Crippen molar-refractivity contribution in [2.24, 2.45) is 0 Å². The van der Waals surface area contributed by atoms with Crippen LogP contribution in [0.4, 0.5) is 11.5 Å². The molecule has 1 atom stereocenters. The van der Waals surface area contributed by atoms with E-state index in [-0.39, 0.29) is 11.7 Å². The van der Waals surface area contributed by atoms with Crippen LogP contribution in [0.3, 0.4) is 0 Å². The van der Waals surface area contributed by atoms with Crippen molar-refractivity contribution in [3.05, 3.63) is 53.7 Å². The molecule has 104 valence electrons. The summed E-state index contributed by atoms with van der Waals surface area (Å²) in [6.45, 7) is 2.04. The van der Waals surface area contributed by atoms with Crippen LogP contribution < -0.4 is 11.5 Å². The molecule has 0 bridgehead atoms. The molecule has 1 unspecified atom stereocenters. The van der Waals surface area contributed by atoms with E-state index in [0.717, 1.165) is 16.8 Å². The first kappa shape index (κ1) is 14.1. The van der Waals surface area contributed by atoms with Crippen LogP contribution in [0.5, 0.6) is 0 Å². The topological polar surface area (TPSA) is 82.0 Å². The van der Waals surface area contributed by atoms with Crippen molar-refractivity contribution < 1.29 is 4.79 Å². The Morgan fingerprint density at radius 3 is 2.55 bits per heavy atom. The Morgan fingerprint density at radius 1 is 1.20 bits per heavy atom. The lowest BCUT2D eigenvalue weighted by molar-refractivity contribution is -0.118. The highest BCUT2D eigenvalue weighted by molar-refractivity contribution is 5.82. The van der Waals surface area contributed by atoms with Crippen LogP contribution in [-0.2, 0) is 11.2 Å². The number of Topliss-reactive ketones (excluding diaryl/α,β-unsaturated/α-hetero) is 1. The summed E-state index contributed by atoms with van der Waals surface area (Å²) in [7, 11) is 0. The van der Waals surface area contributed by atoms with Crippen molar-refractivity contribution in [2.45, 2.75) is 25.7 Å². The first-order chi connectivity index (χ1) is 9.56. The number of nitrogens with zero attached hydrogens (tertiary/aromatic N) is 1. The fraction of sp³-hybridized carbons (Fsp3) is 0.250. The van der Waals surface area contributed by atoms with E-state index in [0.29, 0.717) is 18.7 Å². The summed E-state index contributed by atoms with van der Waals surface area (Å²) in [5, 5.41) is 0. The minimum absolute atomic E-state index is 0.161. The third kappa shape index (κ3) is 3.57. The molecule has 0 aliphatic carbocycles. The predicted molar refractivity (Wildman–Crippen MR) is 81.2 cm³/mol. The largest absolute Gasteiger partial charge is 0.399 e. The zero-order valence-electron chi connectivity index (χ0n) is 11.5. The van der Waals surface area contributed by atoms with Gasteiger partial charge in [-0.3, -0.25) is 4.79 Å². The molecule has 0 saturated heterocycles. The van der Waals surface area contributed by atoms with Crippen LogP contribution in [0.15, 0.2) is 42.6 Å². The molecule has 0 fully saturated rings. The maximum Gasteiger partial charge on any atom is 0.138 e. The molecule has 4 heteroatoms. The third-order valence-corrected chi connectivity index (χ3v) is 3.35. The van der Waals surface area contributed by atoms with Gasteiger partial charge in [0, 0.05) is 30.3 Å². The van der Waals surface area contributed by atoms with E-state index < -0.39 is 0 Å². The summed E-state index contributed by atoms with van der Waals surface area (Å²) in [6, 6.07) is 11.3. The van der Waals surface area contributed by atoms with E-state index in [2.05, 4.69) is 4.98 Å². The van der Waals surface area contributed by atoms with Gasteiger partial charge in [0.05, 0.1) is 0 Å². The molecular formula is C16H19N3O. The lowest BCUT2D eigenvalue weighted by Crippen LogP contribution is -2.09. The molecule has 4 N–H and O–H groups in total. The highest BCUT2D eigenvalue weighted by Gasteiger charge is 2.13. The Bertz CT molecular complexity index is 593. The Hall–Kier alpha value is -2.36. The molecular weight excluding hydrogens is 250 g/mol. The van der Waals surface area contributed by atoms with Crippen LogP contribution in [0.25, 0.3) is 0 Å². The van der Waals surface area contributed by atoms with Gasteiger partial charge in [-0.15, -0.1) is 0 Å². The maximum absolute atomic E-state index is 12.1. The molecule has 0 amide bonds. The quantitative estimate of drug-likeness (QED) is 0.817. The van der Waals surface area contributed by atoms with Crippen molar-refractivity contribution in [1.82, 2.24) is 4.98 Å². The zero-order chi connectivity index (χ0) is 14.5. The summed E-state index contributed by atoms with van der Waals surface area (Å²) in [5.74, 6) is 0.760. The number of rotatable bonds is 5. The van der Waals surface area contributed by atoms with Crippen molar-refractivity contribution in [2.75, 3.05) is 11.5 Å². The van der Waals surface area contributed by atoms with Gasteiger partial charge in [-0.05, 0) is 29.7 Å². The minimum Gasteiger partial charge on any atom is -0.399 e. The lowest BCUT2D eigenvalue weighted by Gasteiger charge is -2.11. The van der Waals surface area contributed by atoms with Gasteiger partial charge in [-0.2, -0.15) is 0 Å². The molecule has 0 aliphatic heterocycles. The van der Waals surface area contributed by atoms with Gasteiger partial charge in [0.2, 0.25) is 0 Å². The van der Waals surface area contributed by atoms with Crippen molar-refractivity contribution in [3.8, 4) is 0 Å². The number of pyridine rings is 1. The second kappa shape index (κ2) is 6.19. The number of hydrogen-bond acceptors (Lipinski definition) is 4. The summed E-state index contributed by atoms with van der Waals surface area (Å²) >= 11 is 0. The van der Waals surface area contributed by atoms with Crippen molar-refractivity contribution >= 4 is 17.3 Å². The van der Waals surface area contributed by atoms with E-state index in [1.54, 1.807) is 12.3 Å². The Balaban J connectivity index is 1.98. The number of aromatic nitrogens is 1. The highest BCUT2D eigenvalue weighted by atomic mass is 16.1. The van der Waals surface area contributed by atoms with E-state index in [4.69, 9.17) is 11.5 Å². The van der Waals surface area contributed by atoms with E-state index in [1.807, 2.05) is 37.3 Å². The van der Waals surface area contributed by atoms with Gasteiger partial charge in [-0.1, -0.05) is 25.1 Å². The zero-order valence-corrected chi connectivity index (χ0v) is 11.5. The Morgan fingerprint density at radius 2 is 1.90 bits per heavy atom. The van der Waals surface area contributed by atoms with E-state index >= 15 is 0 Å². The molecule has 4 nitrogen and oxygen atoms in total. The van der Waals surface area contributed by atoms with Gasteiger partial charge < -0.3 is 11.5 Å². The number of nitrogen functional groups attached to an aromatic ring is 2. The number of carbonyl (C=O) groups is 1. The average Bonchev–Trinajstić information content (AvgIpc) is 2.42. The number of anilines is 2. The predicted octanol–water partition coefficient (Wildman–Crippen LogP) is 2.55. The van der Waals surface area contributed by atoms with Crippen LogP contribution in [-0.4, -0.2) is 10.8 Å². The molecule has 0 aliphatic rings.